The summed E-state index contributed by atoms with van der Waals surface area (Å²) in [7, 11) is 0. The first-order valence-electron chi connectivity index (χ1n) is 3.60. The number of halogens is 1. The van der Waals surface area contributed by atoms with Gasteiger partial charge in [-0.3, -0.25) is 0 Å². The third-order valence-electron chi connectivity index (χ3n) is 1.87. The Morgan fingerprint density at radius 2 is 2.11 bits per heavy atom. The van der Waals surface area contributed by atoms with Crippen molar-refractivity contribution in [2.45, 2.75) is 31.9 Å². The van der Waals surface area contributed by atoms with E-state index in [4.69, 9.17) is 0 Å². The van der Waals surface area contributed by atoms with E-state index in [-0.39, 0.29) is 0 Å². The normalized spacial score (nSPS) is 38.0. The van der Waals surface area contributed by atoms with Crippen molar-refractivity contribution in [2.75, 3.05) is 13.1 Å². The van der Waals surface area contributed by atoms with Gasteiger partial charge in [0.05, 0.1) is 0 Å². The summed E-state index contributed by atoms with van der Waals surface area (Å²) in [5.74, 6) is 0. The average molecular weight is 131 g/mol. The summed E-state index contributed by atoms with van der Waals surface area (Å²) in [6, 6.07) is 0. The van der Waals surface area contributed by atoms with E-state index < -0.39 is 5.67 Å². The van der Waals surface area contributed by atoms with Gasteiger partial charge in [0.15, 0.2) is 0 Å². The van der Waals surface area contributed by atoms with Crippen LogP contribution in [0.1, 0.15) is 26.2 Å². The van der Waals surface area contributed by atoms with Crippen LogP contribution in [0.25, 0.3) is 0 Å². The second-order valence-corrected chi connectivity index (χ2v) is 3.02. The zero-order chi connectivity index (χ0) is 6.74. The Labute approximate surface area is 55.6 Å². The molecule has 1 heterocycles. The highest BCUT2D eigenvalue weighted by Gasteiger charge is 2.23. The van der Waals surface area contributed by atoms with Crippen molar-refractivity contribution >= 4 is 0 Å². The molecule has 54 valence electrons. The standard InChI is InChI=1S/C7H14FN/c1-7(8)3-2-5-9-6-4-7/h9H,2-6H2,1H3/t7-/m1/s1. The largest absolute Gasteiger partial charge is 0.317 e. The Balaban J connectivity index is 2.36. The molecule has 0 aromatic rings. The highest BCUT2D eigenvalue weighted by atomic mass is 19.1. The van der Waals surface area contributed by atoms with Crippen LogP contribution >= 0.6 is 0 Å². The van der Waals surface area contributed by atoms with Crippen LogP contribution in [0.15, 0.2) is 0 Å². The molecular weight excluding hydrogens is 117 g/mol. The monoisotopic (exact) mass is 131 g/mol. The lowest BCUT2D eigenvalue weighted by atomic mass is 10.0. The van der Waals surface area contributed by atoms with Crippen LogP contribution < -0.4 is 5.32 Å². The van der Waals surface area contributed by atoms with Crippen molar-refractivity contribution < 1.29 is 4.39 Å². The second kappa shape index (κ2) is 2.65. The summed E-state index contributed by atoms with van der Waals surface area (Å²) in [4.78, 5) is 0. The molecule has 0 spiro atoms. The summed E-state index contributed by atoms with van der Waals surface area (Å²) < 4.78 is 13.1. The van der Waals surface area contributed by atoms with Crippen LogP contribution in [0.4, 0.5) is 4.39 Å². The van der Waals surface area contributed by atoms with Gasteiger partial charge < -0.3 is 5.32 Å². The first kappa shape index (κ1) is 7.00. The molecule has 0 bridgehead atoms. The fraction of sp³-hybridized carbons (Fsp3) is 1.00. The lowest BCUT2D eigenvalue weighted by Gasteiger charge is -2.15. The molecule has 1 nitrogen and oxygen atoms in total. The van der Waals surface area contributed by atoms with E-state index in [1.54, 1.807) is 6.92 Å². The Kier molecular flexibility index (Phi) is 2.06. The van der Waals surface area contributed by atoms with Gasteiger partial charge in [-0.25, -0.2) is 4.39 Å². The Bertz CT molecular complexity index is 80.9. The minimum absolute atomic E-state index is 0.674. The van der Waals surface area contributed by atoms with Crippen molar-refractivity contribution in [3.05, 3.63) is 0 Å². The van der Waals surface area contributed by atoms with Gasteiger partial charge in [0, 0.05) is 0 Å². The van der Waals surface area contributed by atoms with Crippen molar-refractivity contribution in [1.29, 1.82) is 0 Å². The maximum Gasteiger partial charge on any atom is 0.109 e. The topological polar surface area (TPSA) is 12.0 Å². The molecular formula is C7H14FN. The number of alkyl halides is 1. The van der Waals surface area contributed by atoms with E-state index in [1.807, 2.05) is 0 Å². The van der Waals surface area contributed by atoms with Crippen molar-refractivity contribution in [3.63, 3.8) is 0 Å². The second-order valence-electron chi connectivity index (χ2n) is 3.02. The molecule has 2 heteroatoms. The zero-order valence-corrected chi connectivity index (χ0v) is 5.91. The van der Waals surface area contributed by atoms with Gasteiger partial charge in [-0.1, -0.05) is 0 Å². The van der Waals surface area contributed by atoms with Gasteiger partial charge in [-0.05, 0) is 39.3 Å². The molecule has 0 saturated carbocycles. The molecule has 1 rings (SSSR count). The lowest BCUT2D eigenvalue weighted by Crippen LogP contribution is -2.20. The van der Waals surface area contributed by atoms with Gasteiger partial charge in [-0.2, -0.15) is 0 Å². The highest BCUT2D eigenvalue weighted by Crippen LogP contribution is 2.22. The Hall–Kier alpha value is -0.110. The zero-order valence-electron chi connectivity index (χ0n) is 5.91. The van der Waals surface area contributed by atoms with Crippen molar-refractivity contribution in [2.24, 2.45) is 0 Å². The molecule has 1 aliphatic heterocycles. The van der Waals surface area contributed by atoms with E-state index in [0.717, 1.165) is 25.9 Å². The third-order valence-corrected chi connectivity index (χ3v) is 1.87. The molecule has 1 N–H and O–H groups in total. The van der Waals surface area contributed by atoms with Crippen LogP contribution in [-0.2, 0) is 0 Å². The van der Waals surface area contributed by atoms with Crippen molar-refractivity contribution in [1.82, 2.24) is 5.32 Å². The van der Waals surface area contributed by atoms with Gasteiger partial charge in [0.2, 0.25) is 0 Å². The minimum atomic E-state index is -0.899. The predicted molar refractivity (Wildman–Crippen MR) is 36.2 cm³/mol. The van der Waals surface area contributed by atoms with E-state index in [1.165, 1.54) is 0 Å². The van der Waals surface area contributed by atoms with Crippen LogP contribution in [0, 0.1) is 0 Å². The fourth-order valence-electron chi connectivity index (χ4n) is 1.18. The molecule has 1 aliphatic rings. The van der Waals surface area contributed by atoms with Crippen LogP contribution in [0.5, 0.6) is 0 Å². The SMILES string of the molecule is C[C@@]1(F)CCCNCC1. The minimum Gasteiger partial charge on any atom is -0.317 e. The molecule has 0 aromatic carbocycles. The molecule has 1 atom stereocenters. The summed E-state index contributed by atoms with van der Waals surface area (Å²) in [5, 5.41) is 3.16. The van der Waals surface area contributed by atoms with Crippen LogP contribution in [0.2, 0.25) is 0 Å². The first-order valence-corrected chi connectivity index (χ1v) is 3.60. The molecule has 0 aliphatic carbocycles. The quantitative estimate of drug-likeness (QED) is 0.525. The molecule has 9 heavy (non-hydrogen) atoms. The summed E-state index contributed by atoms with van der Waals surface area (Å²) in [6.07, 6.45) is 2.38. The highest BCUT2D eigenvalue weighted by molar-refractivity contribution is 4.77. The number of hydrogen-bond donors (Lipinski definition) is 1. The van der Waals surface area contributed by atoms with E-state index in [0.29, 0.717) is 6.42 Å². The molecule has 1 saturated heterocycles. The molecule has 0 amide bonds. The van der Waals surface area contributed by atoms with Gasteiger partial charge in [-0.15, -0.1) is 0 Å². The van der Waals surface area contributed by atoms with Crippen LogP contribution in [0.3, 0.4) is 0 Å². The Morgan fingerprint density at radius 3 is 2.89 bits per heavy atom. The number of rotatable bonds is 0. The fourth-order valence-corrected chi connectivity index (χ4v) is 1.18. The summed E-state index contributed by atoms with van der Waals surface area (Å²) >= 11 is 0. The average Bonchev–Trinajstić information content (AvgIpc) is 1.92. The number of hydrogen-bond acceptors (Lipinski definition) is 1. The first-order chi connectivity index (χ1) is 4.21. The molecule has 0 aromatic heterocycles. The molecule has 0 unspecified atom stereocenters. The lowest BCUT2D eigenvalue weighted by molar-refractivity contribution is 0.170. The van der Waals surface area contributed by atoms with Gasteiger partial charge in [0.25, 0.3) is 0 Å². The molecule has 1 fully saturated rings. The van der Waals surface area contributed by atoms with E-state index in [2.05, 4.69) is 5.32 Å². The summed E-state index contributed by atoms with van der Waals surface area (Å²) in [5.41, 5.74) is -0.899. The number of nitrogens with one attached hydrogen (secondary N) is 1. The predicted octanol–water partition coefficient (Wildman–Crippen LogP) is 1.49. The van der Waals surface area contributed by atoms with E-state index >= 15 is 0 Å². The maximum absolute atomic E-state index is 13.1. The smallest absolute Gasteiger partial charge is 0.109 e. The van der Waals surface area contributed by atoms with Gasteiger partial charge >= 0.3 is 0 Å². The van der Waals surface area contributed by atoms with Gasteiger partial charge in [0.1, 0.15) is 5.67 Å². The maximum atomic E-state index is 13.1. The summed E-state index contributed by atoms with van der Waals surface area (Å²) in [6.45, 7) is 3.52. The Morgan fingerprint density at radius 1 is 1.33 bits per heavy atom. The van der Waals surface area contributed by atoms with Crippen molar-refractivity contribution in [3.8, 4) is 0 Å². The van der Waals surface area contributed by atoms with Crippen LogP contribution in [-0.4, -0.2) is 18.8 Å². The molecule has 0 radical (unpaired) electrons. The third kappa shape index (κ3) is 2.31. The van der Waals surface area contributed by atoms with E-state index in [9.17, 15) is 4.39 Å².